The number of nitrogens with one attached hydrogen (secondary N) is 1. The molecule has 0 aromatic heterocycles. The summed E-state index contributed by atoms with van der Waals surface area (Å²) in [6.45, 7) is 0.575. The van der Waals surface area contributed by atoms with Crippen molar-refractivity contribution in [3.8, 4) is 11.5 Å². The van der Waals surface area contributed by atoms with E-state index in [2.05, 4.69) is 5.32 Å². The molecule has 1 fully saturated rings. The van der Waals surface area contributed by atoms with Gasteiger partial charge in [-0.25, -0.2) is 0 Å². The molecule has 1 amide bonds. The van der Waals surface area contributed by atoms with Crippen LogP contribution in [0.2, 0.25) is 0 Å². The van der Waals surface area contributed by atoms with E-state index in [1.54, 1.807) is 0 Å². The molecule has 2 atom stereocenters. The van der Waals surface area contributed by atoms with E-state index in [4.69, 9.17) is 9.47 Å². The van der Waals surface area contributed by atoms with Crippen LogP contribution >= 0.6 is 0 Å². The van der Waals surface area contributed by atoms with Crippen LogP contribution in [0.25, 0.3) is 0 Å². The number of carbonyl (C=O) groups excluding carboxylic acids is 1. The van der Waals surface area contributed by atoms with Gasteiger partial charge in [-0.3, -0.25) is 9.59 Å². The Morgan fingerprint density at radius 1 is 1.14 bits per heavy atom. The third-order valence-electron chi connectivity index (χ3n) is 4.32. The second-order valence-electron chi connectivity index (χ2n) is 5.74. The lowest BCUT2D eigenvalue weighted by molar-refractivity contribution is -0.148. The van der Waals surface area contributed by atoms with E-state index in [9.17, 15) is 14.7 Å². The summed E-state index contributed by atoms with van der Waals surface area (Å²) in [4.78, 5) is 23.6. The maximum absolute atomic E-state index is 12.3. The zero-order valence-corrected chi connectivity index (χ0v) is 12.2. The molecule has 1 saturated carbocycles. The van der Waals surface area contributed by atoms with Gasteiger partial charge in [0, 0.05) is 6.54 Å². The molecule has 1 aliphatic heterocycles. The molecule has 6 nitrogen and oxygen atoms in total. The Morgan fingerprint density at radius 3 is 2.64 bits per heavy atom. The number of hydrogen-bond donors (Lipinski definition) is 2. The smallest absolute Gasteiger partial charge is 0.307 e. The highest BCUT2D eigenvalue weighted by Crippen LogP contribution is 2.33. The minimum atomic E-state index is -0.872. The fraction of sp³-hybridized carbons (Fsp3) is 0.500. The third kappa shape index (κ3) is 3.00. The zero-order chi connectivity index (χ0) is 15.5. The Labute approximate surface area is 128 Å². The summed E-state index contributed by atoms with van der Waals surface area (Å²) in [5, 5.41) is 12.1. The van der Waals surface area contributed by atoms with Crippen LogP contribution < -0.4 is 14.8 Å². The number of carboxylic acid groups (broad SMARTS) is 1. The van der Waals surface area contributed by atoms with Gasteiger partial charge in [-0.1, -0.05) is 18.9 Å². The number of fused-ring (bicyclic) bond motifs is 1. The number of benzene rings is 1. The lowest BCUT2D eigenvalue weighted by atomic mass is 9.78. The zero-order valence-electron chi connectivity index (χ0n) is 12.2. The molecule has 6 heteroatoms. The van der Waals surface area contributed by atoms with Crippen molar-refractivity contribution in [2.75, 3.05) is 6.79 Å². The Bertz CT molecular complexity index is 586. The van der Waals surface area contributed by atoms with Gasteiger partial charge in [-0.15, -0.1) is 0 Å². The van der Waals surface area contributed by atoms with Crippen LogP contribution in [0.3, 0.4) is 0 Å². The van der Waals surface area contributed by atoms with E-state index < -0.39 is 17.8 Å². The lowest BCUT2D eigenvalue weighted by Crippen LogP contribution is -2.39. The molecule has 1 heterocycles. The highest BCUT2D eigenvalue weighted by molar-refractivity contribution is 5.84. The van der Waals surface area contributed by atoms with Gasteiger partial charge in [0.15, 0.2) is 11.5 Å². The summed E-state index contributed by atoms with van der Waals surface area (Å²) in [6, 6.07) is 5.51. The van der Waals surface area contributed by atoms with Crippen molar-refractivity contribution < 1.29 is 24.2 Å². The summed E-state index contributed by atoms with van der Waals surface area (Å²) in [5.74, 6) is -0.667. The van der Waals surface area contributed by atoms with Gasteiger partial charge in [0.1, 0.15) is 0 Å². The first kappa shape index (κ1) is 14.7. The molecule has 2 N–H and O–H groups in total. The molecule has 0 saturated heterocycles. The number of carboxylic acids is 1. The van der Waals surface area contributed by atoms with E-state index in [1.165, 1.54) is 0 Å². The molecule has 0 unspecified atom stereocenters. The minimum Gasteiger partial charge on any atom is -0.481 e. The molecule has 3 rings (SSSR count). The fourth-order valence-electron chi connectivity index (χ4n) is 3.11. The van der Waals surface area contributed by atoms with Gasteiger partial charge < -0.3 is 19.9 Å². The van der Waals surface area contributed by atoms with Gasteiger partial charge in [0.05, 0.1) is 11.8 Å². The normalized spacial score (nSPS) is 23.1. The quantitative estimate of drug-likeness (QED) is 0.887. The van der Waals surface area contributed by atoms with Crippen molar-refractivity contribution in [1.29, 1.82) is 0 Å². The van der Waals surface area contributed by atoms with Crippen LogP contribution in [0, 0.1) is 11.8 Å². The average Bonchev–Trinajstić information content (AvgIpc) is 3.00. The van der Waals surface area contributed by atoms with E-state index >= 15 is 0 Å². The molecule has 118 valence electrons. The summed E-state index contributed by atoms with van der Waals surface area (Å²) < 4.78 is 10.5. The molecular formula is C16H19NO5. The second-order valence-corrected chi connectivity index (χ2v) is 5.74. The Balaban J connectivity index is 1.60. The Morgan fingerprint density at radius 2 is 1.86 bits per heavy atom. The Kier molecular flexibility index (Phi) is 4.18. The highest BCUT2D eigenvalue weighted by Gasteiger charge is 2.35. The molecule has 1 aliphatic carbocycles. The van der Waals surface area contributed by atoms with Crippen molar-refractivity contribution in [3.63, 3.8) is 0 Å². The summed E-state index contributed by atoms with van der Waals surface area (Å²) in [7, 11) is 0. The van der Waals surface area contributed by atoms with E-state index in [1.807, 2.05) is 18.2 Å². The van der Waals surface area contributed by atoms with Gasteiger partial charge in [0.2, 0.25) is 12.7 Å². The number of aliphatic carboxylic acids is 1. The minimum absolute atomic E-state index is 0.176. The first-order valence-corrected chi connectivity index (χ1v) is 7.54. The SMILES string of the molecule is O=C(O)[C@H]1CCCC[C@H]1C(=O)NCc1ccc2c(c1)OCO2. The van der Waals surface area contributed by atoms with E-state index in [-0.39, 0.29) is 12.7 Å². The average molecular weight is 305 g/mol. The van der Waals surface area contributed by atoms with Crippen LogP contribution in [0.1, 0.15) is 31.2 Å². The van der Waals surface area contributed by atoms with Crippen molar-refractivity contribution in [1.82, 2.24) is 5.32 Å². The highest BCUT2D eigenvalue weighted by atomic mass is 16.7. The first-order valence-electron chi connectivity index (χ1n) is 7.54. The van der Waals surface area contributed by atoms with Crippen LogP contribution in [-0.4, -0.2) is 23.8 Å². The van der Waals surface area contributed by atoms with Crippen LogP contribution in [-0.2, 0) is 16.1 Å². The van der Waals surface area contributed by atoms with E-state index in [0.29, 0.717) is 30.9 Å². The molecule has 0 bridgehead atoms. The third-order valence-corrected chi connectivity index (χ3v) is 4.32. The predicted octanol–water partition coefficient (Wildman–Crippen LogP) is 1.92. The van der Waals surface area contributed by atoms with Gasteiger partial charge in [-0.2, -0.15) is 0 Å². The lowest BCUT2D eigenvalue weighted by Gasteiger charge is -2.27. The van der Waals surface area contributed by atoms with Crippen molar-refractivity contribution in [2.24, 2.45) is 11.8 Å². The largest absolute Gasteiger partial charge is 0.481 e. The van der Waals surface area contributed by atoms with Crippen LogP contribution in [0.15, 0.2) is 18.2 Å². The topological polar surface area (TPSA) is 84.9 Å². The number of ether oxygens (including phenoxy) is 2. The Hall–Kier alpha value is -2.24. The maximum atomic E-state index is 12.3. The molecule has 0 spiro atoms. The first-order chi connectivity index (χ1) is 10.6. The molecular weight excluding hydrogens is 286 g/mol. The number of rotatable bonds is 4. The van der Waals surface area contributed by atoms with Crippen molar-refractivity contribution in [2.45, 2.75) is 32.2 Å². The van der Waals surface area contributed by atoms with Crippen LogP contribution in [0.5, 0.6) is 11.5 Å². The number of carbonyl (C=O) groups is 2. The molecule has 0 radical (unpaired) electrons. The predicted molar refractivity (Wildman–Crippen MR) is 77.5 cm³/mol. The van der Waals surface area contributed by atoms with Crippen molar-refractivity contribution in [3.05, 3.63) is 23.8 Å². The molecule has 22 heavy (non-hydrogen) atoms. The van der Waals surface area contributed by atoms with Crippen LogP contribution in [0.4, 0.5) is 0 Å². The molecule has 2 aliphatic rings. The van der Waals surface area contributed by atoms with E-state index in [0.717, 1.165) is 18.4 Å². The van der Waals surface area contributed by atoms with Gasteiger partial charge >= 0.3 is 5.97 Å². The van der Waals surface area contributed by atoms with Crippen molar-refractivity contribution >= 4 is 11.9 Å². The number of amides is 1. The van der Waals surface area contributed by atoms with Gasteiger partial charge in [0.25, 0.3) is 0 Å². The standard InChI is InChI=1S/C16H19NO5/c18-15(11-3-1-2-4-12(11)16(19)20)17-8-10-5-6-13-14(7-10)22-9-21-13/h5-7,11-12H,1-4,8-9H2,(H,17,18)(H,19,20)/t11-,12+/m1/s1. The molecule has 1 aromatic carbocycles. The monoisotopic (exact) mass is 305 g/mol. The maximum Gasteiger partial charge on any atom is 0.307 e. The second kappa shape index (κ2) is 6.25. The summed E-state index contributed by atoms with van der Waals surface area (Å²) in [6.07, 6.45) is 3.01. The summed E-state index contributed by atoms with van der Waals surface area (Å²) in [5.41, 5.74) is 0.903. The summed E-state index contributed by atoms with van der Waals surface area (Å²) >= 11 is 0. The van der Waals surface area contributed by atoms with Gasteiger partial charge in [-0.05, 0) is 30.5 Å². The number of hydrogen-bond acceptors (Lipinski definition) is 4. The molecule has 1 aromatic rings. The fourth-order valence-corrected chi connectivity index (χ4v) is 3.11.